The molecule has 0 atom stereocenters. The molecule has 0 fully saturated rings. The molecule has 0 heterocycles. The van der Waals surface area contributed by atoms with Crippen molar-refractivity contribution < 1.29 is 4.74 Å². The normalized spacial score (nSPS) is 9.15. The number of nitrogens with two attached hydrogens (primary N) is 1. The molecule has 74 valence electrons. The zero-order valence-electron chi connectivity index (χ0n) is 7.42. The van der Waals surface area contributed by atoms with E-state index in [2.05, 4.69) is 15.9 Å². The minimum Gasteiger partial charge on any atom is -0.492 e. The maximum absolute atomic E-state index is 5.36. The molecule has 0 amide bonds. The van der Waals surface area contributed by atoms with Gasteiger partial charge in [-0.25, -0.2) is 0 Å². The predicted molar refractivity (Wildman–Crippen MR) is 60.7 cm³/mol. The lowest BCUT2D eigenvalue weighted by Crippen LogP contribution is -2.10. The standard InChI is InChI=1S/C9H12BrNO.ClH/c1-7-4-8(10)6-9(5-7)12-3-2-11;/h4-6H,2-3,11H2,1H3;1H. The molecule has 0 aliphatic heterocycles. The smallest absolute Gasteiger partial charge is 0.120 e. The average molecular weight is 267 g/mol. The van der Waals surface area contributed by atoms with Crippen LogP contribution in [-0.4, -0.2) is 13.2 Å². The van der Waals surface area contributed by atoms with E-state index in [9.17, 15) is 0 Å². The zero-order valence-corrected chi connectivity index (χ0v) is 9.82. The summed E-state index contributed by atoms with van der Waals surface area (Å²) in [5.74, 6) is 0.868. The topological polar surface area (TPSA) is 35.2 Å². The first-order valence-electron chi connectivity index (χ1n) is 3.82. The van der Waals surface area contributed by atoms with Gasteiger partial charge in [-0.05, 0) is 30.7 Å². The van der Waals surface area contributed by atoms with Crippen molar-refractivity contribution in [1.29, 1.82) is 0 Å². The molecule has 2 nitrogen and oxygen atoms in total. The number of aryl methyl sites for hydroxylation is 1. The highest BCUT2D eigenvalue weighted by molar-refractivity contribution is 9.10. The van der Waals surface area contributed by atoms with E-state index < -0.39 is 0 Å². The molecule has 1 aromatic rings. The van der Waals surface area contributed by atoms with Gasteiger partial charge < -0.3 is 10.5 Å². The molecule has 2 N–H and O–H groups in total. The fraction of sp³-hybridized carbons (Fsp3) is 0.333. The van der Waals surface area contributed by atoms with Gasteiger partial charge in [0.25, 0.3) is 0 Å². The van der Waals surface area contributed by atoms with Crippen molar-refractivity contribution in [3.63, 3.8) is 0 Å². The molecule has 0 saturated carbocycles. The van der Waals surface area contributed by atoms with Crippen LogP contribution in [0.4, 0.5) is 0 Å². The first kappa shape index (κ1) is 12.8. The lowest BCUT2D eigenvalue weighted by atomic mass is 10.2. The summed E-state index contributed by atoms with van der Waals surface area (Å²) in [4.78, 5) is 0. The minimum absolute atomic E-state index is 0. The molecular weight excluding hydrogens is 253 g/mol. The molecule has 1 rings (SSSR count). The predicted octanol–water partition coefficient (Wildman–Crippen LogP) is 2.52. The third-order valence-electron chi connectivity index (χ3n) is 1.40. The number of rotatable bonds is 3. The average Bonchev–Trinajstić information content (AvgIpc) is 1.99. The van der Waals surface area contributed by atoms with Gasteiger partial charge in [0.05, 0.1) is 0 Å². The Bertz CT molecular complexity index is 248. The molecule has 0 aromatic heterocycles. The van der Waals surface area contributed by atoms with Gasteiger partial charge >= 0.3 is 0 Å². The monoisotopic (exact) mass is 265 g/mol. The fourth-order valence-corrected chi connectivity index (χ4v) is 1.55. The Hall–Kier alpha value is -0.250. The van der Waals surface area contributed by atoms with Crippen molar-refractivity contribution in [1.82, 2.24) is 0 Å². The molecule has 0 spiro atoms. The third kappa shape index (κ3) is 4.50. The quantitative estimate of drug-likeness (QED) is 0.912. The lowest BCUT2D eigenvalue weighted by molar-refractivity contribution is 0.328. The molecule has 0 bridgehead atoms. The molecule has 13 heavy (non-hydrogen) atoms. The number of benzene rings is 1. The molecule has 0 saturated heterocycles. The van der Waals surface area contributed by atoms with Crippen LogP contribution in [0.25, 0.3) is 0 Å². The molecular formula is C9H13BrClNO. The second kappa shape index (κ2) is 6.24. The van der Waals surface area contributed by atoms with Crippen molar-refractivity contribution in [3.8, 4) is 5.75 Å². The highest BCUT2D eigenvalue weighted by Crippen LogP contribution is 2.20. The molecule has 1 aromatic carbocycles. The van der Waals surface area contributed by atoms with Crippen LogP contribution in [0.5, 0.6) is 5.75 Å². The lowest BCUT2D eigenvalue weighted by Gasteiger charge is -2.05. The highest BCUT2D eigenvalue weighted by Gasteiger charge is 1.96. The number of ether oxygens (including phenoxy) is 1. The van der Waals surface area contributed by atoms with Gasteiger partial charge in [0.15, 0.2) is 0 Å². The van der Waals surface area contributed by atoms with Gasteiger partial charge in [-0.2, -0.15) is 0 Å². The van der Waals surface area contributed by atoms with E-state index in [1.165, 1.54) is 5.56 Å². The summed E-state index contributed by atoms with van der Waals surface area (Å²) in [5.41, 5.74) is 6.49. The van der Waals surface area contributed by atoms with Crippen LogP contribution in [0.15, 0.2) is 22.7 Å². The number of halogens is 2. The maximum Gasteiger partial charge on any atom is 0.120 e. The minimum atomic E-state index is 0. The van der Waals surface area contributed by atoms with Crippen LogP contribution < -0.4 is 10.5 Å². The Labute approximate surface area is 93.0 Å². The van der Waals surface area contributed by atoms with Crippen LogP contribution in [-0.2, 0) is 0 Å². The Morgan fingerprint density at radius 2 is 2.08 bits per heavy atom. The summed E-state index contributed by atoms with van der Waals surface area (Å²) in [6.45, 7) is 3.14. The second-order valence-electron chi connectivity index (χ2n) is 2.60. The van der Waals surface area contributed by atoms with E-state index in [-0.39, 0.29) is 12.4 Å². The van der Waals surface area contributed by atoms with Crippen molar-refractivity contribution in [2.75, 3.05) is 13.2 Å². The van der Waals surface area contributed by atoms with Gasteiger partial charge in [0.2, 0.25) is 0 Å². The zero-order chi connectivity index (χ0) is 8.97. The molecule has 0 radical (unpaired) electrons. The maximum atomic E-state index is 5.36. The summed E-state index contributed by atoms with van der Waals surface area (Å²) in [7, 11) is 0. The summed E-state index contributed by atoms with van der Waals surface area (Å²) >= 11 is 3.39. The molecule has 4 heteroatoms. The van der Waals surface area contributed by atoms with Crippen LogP contribution in [0.3, 0.4) is 0 Å². The van der Waals surface area contributed by atoms with Crippen LogP contribution >= 0.6 is 28.3 Å². The summed E-state index contributed by atoms with van der Waals surface area (Å²) in [5, 5.41) is 0. The van der Waals surface area contributed by atoms with Crippen molar-refractivity contribution >= 4 is 28.3 Å². The summed E-state index contributed by atoms with van der Waals surface area (Å²) < 4.78 is 6.40. The van der Waals surface area contributed by atoms with Crippen molar-refractivity contribution in [3.05, 3.63) is 28.2 Å². The van der Waals surface area contributed by atoms with E-state index in [1.54, 1.807) is 0 Å². The summed E-state index contributed by atoms with van der Waals surface area (Å²) in [6.07, 6.45) is 0. The van der Waals surface area contributed by atoms with E-state index in [1.807, 2.05) is 25.1 Å². The van der Waals surface area contributed by atoms with Crippen LogP contribution in [0.2, 0.25) is 0 Å². The molecule has 0 aliphatic carbocycles. The van der Waals surface area contributed by atoms with Gasteiger partial charge in [-0.15, -0.1) is 12.4 Å². The number of hydrogen-bond acceptors (Lipinski definition) is 2. The highest BCUT2D eigenvalue weighted by atomic mass is 79.9. The van der Waals surface area contributed by atoms with Gasteiger partial charge in [0, 0.05) is 11.0 Å². The van der Waals surface area contributed by atoms with Crippen molar-refractivity contribution in [2.24, 2.45) is 5.73 Å². The summed E-state index contributed by atoms with van der Waals surface area (Å²) in [6, 6.07) is 5.96. The largest absolute Gasteiger partial charge is 0.492 e. The Morgan fingerprint density at radius 1 is 1.38 bits per heavy atom. The molecule has 0 unspecified atom stereocenters. The molecule has 0 aliphatic rings. The van der Waals surface area contributed by atoms with Gasteiger partial charge in [0.1, 0.15) is 12.4 Å². The first-order chi connectivity index (χ1) is 5.72. The van der Waals surface area contributed by atoms with E-state index in [0.717, 1.165) is 10.2 Å². The van der Waals surface area contributed by atoms with Crippen LogP contribution in [0, 0.1) is 6.92 Å². The Balaban J connectivity index is 0.00000144. The fourth-order valence-electron chi connectivity index (χ4n) is 0.963. The van der Waals surface area contributed by atoms with Crippen LogP contribution in [0.1, 0.15) is 5.56 Å². The van der Waals surface area contributed by atoms with E-state index in [4.69, 9.17) is 10.5 Å². The Morgan fingerprint density at radius 3 is 2.62 bits per heavy atom. The first-order valence-corrected chi connectivity index (χ1v) is 4.62. The van der Waals surface area contributed by atoms with Gasteiger partial charge in [-0.1, -0.05) is 15.9 Å². The Kier molecular flexibility index (Phi) is 6.12. The third-order valence-corrected chi connectivity index (χ3v) is 1.86. The number of hydrogen-bond donors (Lipinski definition) is 1. The second-order valence-corrected chi connectivity index (χ2v) is 3.52. The SMILES string of the molecule is Cc1cc(Br)cc(OCCN)c1.Cl. The van der Waals surface area contributed by atoms with Gasteiger partial charge in [-0.3, -0.25) is 0 Å². The van der Waals surface area contributed by atoms with E-state index in [0.29, 0.717) is 13.2 Å². The van der Waals surface area contributed by atoms with E-state index >= 15 is 0 Å². The van der Waals surface area contributed by atoms with Crippen molar-refractivity contribution in [2.45, 2.75) is 6.92 Å².